The van der Waals surface area contributed by atoms with Crippen LogP contribution in [0, 0.1) is 12.8 Å². The third-order valence-corrected chi connectivity index (χ3v) is 5.47. The Kier molecular flexibility index (Phi) is 5.63. The van der Waals surface area contributed by atoms with E-state index in [0.29, 0.717) is 23.0 Å². The van der Waals surface area contributed by atoms with Crippen LogP contribution in [0.1, 0.15) is 22.7 Å². The van der Waals surface area contributed by atoms with Crippen molar-refractivity contribution in [3.05, 3.63) is 82.6 Å². The number of nitrogens with one attached hydrogen (secondary N) is 2. The zero-order valence-electron chi connectivity index (χ0n) is 16.2. The number of rotatable bonds is 5. The fourth-order valence-corrected chi connectivity index (χ4v) is 3.88. The number of hydrogen-bond acceptors (Lipinski definition) is 4. The molecule has 0 aliphatic carbocycles. The molecular formula is C22H20ClN5O2. The smallest absolute Gasteiger partial charge is 0.253 e. The molecule has 0 saturated carbocycles. The maximum atomic E-state index is 12.7. The molecule has 1 aromatic heterocycles. The van der Waals surface area contributed by atoms with Crippen molar-refractivity contribution in [2.24, 2.45) is 11.0 Å². The van der Waals surface area contributed by atoms with Gasteiger partial charge in [0.1, 0.15) is 11.1 Å². The number of amides is 2. The van der Waals surface area contributed by atoms with Gasteiger partial charge in [-0.15, -0.1) is 0 Å². The minimum absolute atomic E-state index is 0.236. The second-order valence-corrected chi connectivity index (χ2v) is 7.37. The fraction of sp³-hybridized carbons (Fsp3) is 0.182. The van der Waals surface area contributed by atoms with Crippen molar-refractivity contribution in [1.82, 2.24) is 20.5 Å². The Morgan fingerprint density at radius 3 is 2.57 bits per heavy atom. The van der Waals surface area contributed by atoms with Crippen molar-refractivity contribution in [3.8, 4) is 5.69 Å². The van der Waals surface area contributed by atoms with Gasteiger partial charge >= 0.3 is 0 Å². The minimum Gasteiger partial charge on any atom is -0.355 e. The molecule has 30 heavy (non-hydrogen) atoms. The molecule has 3 aromatic rings. The molecule has 1 fully saturated rings. The number of nitrogens with zero attached hydrogens (tertiary/aromatic N) is 3. The van der Waals surface area contributed by atoms with E-state index in [-0.39, 0.29) is 11.8 Å². The largest absolute Gasteiger partial charge is 0.355 e. The first kappa shape index (κ1) is 19.8. The second-order valence-electron chi connectivity index (χ2n) is 7.01. The number of hydrogen-bond donors (Lipinski definition) is 2. The molecule has 0 radical (unpaired) electrons. The van der Waals surface area contributed by atoms with Crippen LogP contribution >= 0.6 is 11.6 Å². The summed E-state index contributed by atoms with van der Waals surface area (Å²) in [4.78, 5) is 24.9. The first-order chi connectivity index (χ1) is 14.6. The molecule has 0 spiro atoms. The van der Waals surface area contributed by atoms with Crippen LogP contribution in [-0.4, -0.2) is 34.4 Å². The number of hydrazone groups is 1. The summed E-state index contributed by atoms with van der Waals surface area (Å²) >= 11 is 6.47. The molecule has 0 bridgehead atoms. The van der Waals surface area contributed by atoms with Crippen molar-refractivity contribution in [2.75, 3.05) is 6.54 Å². The third-order valence-electron chi connectivity index (χ3n) is 5.11. The molecule has 2 atom stereocenters. The van der Waals surface area contributed by atoms with Gasteiger partial charge in [0.15, 0.2) is 0 Å². The van der Waals surface area contributed by atoms with Crippen LogP contribution in [0.3, 0.4) is 0 Å². The van der Waals surface area contributed by atoms with E-state index in [1.165, 1.54) is 6.21 Å². The Morgan fingerprint density at radius 2 is 1.87 bits per heavy atom. The van der Waals surface area contributed by atoms with E-state index in [0.717, 1.165) is 11.3 Å². The molecule has 1 saturated heterocycles. The Bertz CT molecular complexity index is 1100. The zero-order chi connectivity index (χ0) is 21.1. The fourth-order valence-electron chi connectivity index (χ4n) is 3.56. The highest BCUT2D eigenvalue weighted by Crippen LogP contribution is 2.29. The van der Waals surface area contributed by atoms with Gasteiger partial charge < -0.3 is 5.32 Å². The van der Waals surface area contributed by atoms with Crippen LogP contribution in [0.4, 0.5) is 0 Å². The summed E-state index contributed by atoms with van der Waals surface area (Å²) in [5.74, 6) is -1.84. The first-order valence-corrected chi connectivity index (χ1v) is 9.90. The molecule has 152 valence electrons. The van der Waals surface area contributed by atoms with Crippen molar-refractivity contribution < 1.29 is 9.59 Å². The van der Waals surface area contributed by atoms with E-state index in [4.69, 9.17) is 11.6 Å². The lowest BCUT2D eigenvalue weighted by atomic mass is 9.88. The molecule has 2 amide bonds. The van der Waals surface area contributed by atoms with E-state index in [1.807, 2.05) is 67.6 Å². The highest BCUT2D eigenvalue weighted by Gasteiger charge is 2.40. The second kappa shape index (κ2) is 8.51. The maximum Gasteiger partial charge on any atom is 0.253 e. The number of benzene rings is 2. The van der Waals surface area contributed by atoms with Gasteiger partial charge in [0.2, 0.25) is 5.91 Å². The number of aryl methyl sites for hydroxylation is 1. The molecule has 2 aromatic carbocycles. The Morgan fingerprint density at radius 1 is 1.20 bits per heavy atom. The quantitative estimate of drug-likeness (QED) is 0.377. The summed E-state index contributed by atoms with van der Waals surface area (Å²) in [6.07, 6.45) is 1.45. The highest BCUT2D eigenvalue weighted by atomic mass is 35.5. The van der Waals surface area contributed by atoms with Crippen LogP contribution in [0.2, 0.25) is 5.15 Å². The number of halogens is 1. The molecule has 8 heteroatoms. The van der Waals surface area contributed by atoms with Gasteiger partial charge in [0, 0.05) is 12.5 Å². The van der Waals surface area contributed by atoms with Crippen LogP contribution in [0.15, 0.2) is 65.8 Å². The minimum atomic E-state index is -0.840. The number of carbonyl (C=O) groups is 2. The monoisotopic (exact) mass is 421 g/mol. The van der Waals surface area contributed by atoms with Crippen molar-refractivity contribution in [1.29, 1.82) is 0 Å². The SMILES string of the molecule is Cc1nn(-c2ccccc2)c(Cl)c1/C=N\NC(=O)[C@@H]1C(=O)NC[C@H]1c1ccccc1. The van der Waals surface area contributed by atoms with Gasteiger partial charge in [-0.3, -0.25) is 9.59 Å². The van der Waals surface area contributed by atoms with Gasteiger partial charge in [-0.2, -0.15) is 10.2 Å². The van der Waals surface area contributed by atoms with E-state index < -0.39 is 11.8 Å². The molecule has 2 N–H and O–H groups in total. The third kappa shape index (κ3) is 3.84. The zero-order valence-corrected chi connectivity index (χ0v) is 17.0. The molecule has 4 rings (SSSR count). The molecule has 0 unspecified atom stereocenters. The van der Waals surface area contributed by atoms with Crippen molar-refractivity contribution >= 4 is 29.6 Å². The molecule has 1 aliphatic rings. The molecule has 1 aliphatic heterocycles. The Labute approximate surface area is 178 Å². The van der Waals surface area contributed by atoms with Crippen LogP contribution in [0.25, 0.3) is 5.69 Å². The topological polar surface area (TPSA) is 88.4 Å². The number of carbonyl (C=O) groups excluding carboxylic acids is 2. The lowest BCUT2D eigenvalue weighted by Crippen LogP contribution is -2.34. The van der Waals surface area contributed by atoms with Gasteiger partial charge in [-0.05, 0) is 24.6 Å². The van der Waals surface area contributed by atoms with Crippen molar-refractivity contribution in [3.63, 3.8) is 0 Å². The van der Waals surface area contributed by atoms with Crippen LogP contribution in [-0.2, 0) is 9.59 Å². The summed E-state index contributed by atoms with van der Waals surface area (Å²) in [6.45, 7) is 2.23. The number of para-hydroxylation sites is 1. The Balaban J connectivity index is 1.50. The van der Waals surface area contributed by atoms with Crippen LogP contribution in [0.5, 0.6) is 0 Å². The standard InChI is InChI=1S/C22H20ClN5O2/c1-14-17(20(23)28(27-14)16-10-6-3-7-11-16)13-25-26-22(30)19-18(12-24-21(19)29)15-8-4-2-5-9-15/h2-11,13,18-19H,12H2,1H3,(H,24,29)(H,26,30)/b25-13-/t18-,19-/m0/s1. The summed E-state index contributed by atoms with van der Waals surface area (Å²) < 4.78 is 1.61. The number of aromatic nitrogens is 2. The predicted molar refractivity (Wildman–Crippen MR) is 115 cm³/mol. The summed E-state index contributed by atoms with van der Waals surface area (Å²) in [5.41, 5.74) is 5.50. The molecule has 7 nitrogen and oxygen atoms in total. The molecular weight excluding hydrogens is 402 g/mol. The van der Waals surface area contributed by atoms with Gasteiger partial charge in [0.25, 0.3) is 5.91 Å². The predicted octanol–water partition coefficient (Wildman–Crippen LogP) is 2.81. The maximum absolute atomic E-state index is 12.7. The average molecular weight is 422 g/mol. The molecule has 2 heterocycles. The average Bonchev–Trinajstić information content (AvgIpc) is 3.29. The van der Waals surface area contributed by atoms with E-state index in [1.54, 1.807) is 4.68 Å². The Hall–Kier alpha value is -3.45. The summed E-state index contributed by atoms with van der Waals surface area (Å²) in [5, 5.41) is 11.6. The summed E-state index contributed by atoms with van der Waals surface area (Å²) in [7, 11) is 0. The highest BCUT2D eigenvalue weighted by molar-refractivity contribution is 6.32. The van der Waals surface area contributed by atoms with E-state index in [2.05, 4.69) is 20.9 Å². The van der Waals surface area contributed by atoms with Gasteiger partial charge in [0.05, 0.1) is 23.2 Å². The van der Waals surface area contributed by atoms with Crippen LogP contribution < -0.4 is 10.7 Å². The lowest BCUT2D eigenvalue weighted by molar-refractivity contribution is -0.133. The van der Waals surface area contributed by atoms with Gasteiger partial charge in [-0.25, -0.2) is 10.1 Å². The van der Waals surface area contributed by atoms with E-state index >= 15 is 0 Å². The van der Waals surface area contributed by atoms with Gasteiger partial charge in [-0.1, -0.05) is 60.1 Å². The summed E-state index contributed by atoms with van der Waals surface area (Å²) in [6, 6.07) is 19.0. The van der Waals surface area contributed by atoms with E-state index in [9.17, 15) is 9.59 Å². The normalized spacial score (nSPS) is 18.5. The lowest BCUT2D eigenvalue weighted by Gasteiger charge is -2.15. The van der Waals surface area contributed by atoms with Crippen molar-refractivity contribution in [2.45, 2.75) is 12.8 Å². The first-order valence-electron chi connectivity index (χ1n) is 9.52.